The molecule has 0 heterocycles. The van der Waals surface area contributed by atoms with Gasteiger partial charge >= 0.3 is 11.9 Å². The molecule has 2 unspecified atom stereocenters. The molecule has 0 aliphatic heterocycles. The number of hydrogen-bond donors (Lipinski definition) is 3. The third-order valence-corrected chi connectivity index (χ3v) is 12.9. The van der Waals surface area contributed by atoms with Gasteiger partial charge in [0.2, 0.25) is 0 Å². The van der Waals surface area contributed by atoms with Gasteiger partial charge in [0.05, 0.1) is 17.6 Å². The number of rotatable bonds is 8. The van der Waals surface area contributed by atoms with E-state index in [9.17, 15) is 24.9 Å². The molecular weight excluding hydrogens is 552 g/mol. The van der Waals surface area contributed by atoms with Crippen molar-refractivity contribution in [3.63, 3.8) is 0 Å². The van der Waals surface area contributed by atoms with Gasteiger partial charge in [-0.05, 0) is 103 Å². The van der Waals surface area contributed by atoms with Crippen molar-refractivity contribution in [2.45, 2.75) is 106 Å². The molecule has 0 saturated heterocycles. The van der Waals surface area contributed by atoms with Gasteiger partial charge in [-0.2, -0.15) is 0 Å². The van der Waals surface area contributed by atoms with E-state index >= 15 is 0 Å². The number of aliphatic carboxylic acids is 1. The molecule has 240 valence electrons. The van der Waals surface area contributed by atoms with E-state index in [1.807, 2.05) is 0 Å². The van der Waals surface area contributed by atoms with Crippen LogP contribution in [-0.4, -0.2) is 39.5 Å². The molecule has 2 saturated carbocycles. The minimum atomic E-state index is -0.822. The number of carboxylic acids is 1. The van der Waals surface area contributed by atoms with E-state index < -0.39 is 18.0 Å². The topological polar surface area (TPSA) is 104 Å². The summed E-state index contributed by atoms with van der Waals surface area (Å²) in [4.78, 5) is 25.8. The number of hydrogen-bond acceptors (Lipinski definition) is 5. The number of allylic oxidation sites excluding steroid dienone is 5. The van der Waals surface area contributed by atoms with E-state index in [2.05, 4.69) is 67.2 Å². The van der Waals surface area contributed by atoms with Crippen LogP contribution in [0.15, 0.2) is 59.7 Å². The van der Waals surface area contributed by atoms with Crippen LogP contribution in [0.25, 0.3) is 0 Å². The molecule has 4 aliphatic rings. The summed E-state index contributed by atoms with van der Waals surface area (Å²) in [6.07, 6.45) is 8.71. The highest BCUT2D eigenvalue weighted by atomic mass is 16.5. The maximum absolute atomic E-state index is 13.1. The molecule has 0 amide bonds. The zero-order chi connectivity index (χ0) is 32.4. The van der Waals surface area contributed by atoms with Gasteiger partial charge in [0.15, 0.2) is 0 Å². The normalized spacial score (nSPS) is 36.3. The highest BCUT2D eigenvalue weighted by molar-refractivity contribution is 5.89. The lowest BCUT2D eigenvalue weighted by Gasteiger charge is -2.61. The minimum absolute atomic E-state index is 0.113. The average molecular weight is 605 g/mol. The summed E-state index contributed by atoms with van der Waals surface area (Å²) in [7, 11) is 0. The maximum Gasteiger partial charge on any atom is 0.338 e. The van der Waals surface area contributed by atoms with Crippen LogP contribution in [0.2, 0.25) is 0 Å². The number of esters is 1. The van der Waals surface area contributed by atoms with Gasteiger partial charge in [-0.1, -0.05) is 72.8 Å². The second-order valence-corrected chi connectivity index (χ2v) is 15.8. The van der Waals surface area contributed by atoms with Crippen molar-refractivity contribution in [3.05, 3.63) is 65.3 Å². The quantitative estimate of drug-likeness (QED) is 0.205. The lowest BCUT2D eigenvalue weighted by atomic mass is 9.44. The Balaban J connectivity index is 1.43. The molecule has 0 aromatic heterocycles. The van der Waals surface area contributed by atoms with E-state index in [0.717, 1.165) is 31.3 Å². The predicted molar refractivity (Wildman–Crippen MR) is 172 cm³/mol. The third kappa shape index (κ3) is 4.96. The summed E-state index contributed by atoms with van der Waals surface area (Å²) in [6.45, 7) is 19.6. The molecule has 0 radical (unpaired) electrons. The Kier molecular flexibility index (Phi) is 8.27. The lowest BCUT2D eigenvalue weighted by molar-refractivity contribution is -0.148. The molecule has 5 rings (SSSR count). The number of aliphatic hydroxyl groups excluding tert-OH is 1. The molecular formula is C38H52O6. The van der Waals surface area contributed by atoms with Crippen molar-refractivity contribution < 1.29 is 29.6 Å². The van der Waals surface area contributed by atoms with Crippen LogP contribution < -0.4 is 0 Å². The first-order chi connectivity index (χ1) is 20.5. The number of phenolic OH excluding ortho intramolecular Hbond substituents is 1. The van der Waals surface area contributed by atoms with E-state index in [0.29, 0.717) is 30.7 Å². The summed E-state index contributed by atoms with van der Waals surface area (Å²) in [5.74, 6) is -1.50. The Labute approximate surface area is 263 Å². The van der Waals surface area contributed by atoms with Crippen LogP contribution in [0, 0.1) is 45.3 Å². The van der Waals surface area contributed by atoms with Gasteiger partial charge in [-0.15, -0.1) is 0 Å². The lowest BCUT2D eigenvalue weighted by Crippen LogP contribution is -2.55. The molecule has 44 heavy (non-hydrogen) atoms. The number of carbonyl (C=O) groups excluding carboxylic acids is 1. The van der Waals surface area contributed by atoms with Gasteiger partial charge < -0.3 is 20.1 Å². The fraction of sp³-hybridized carbons (Fsp3) is 0.632. The van der Waals surface area contributed by atoms with Crippen molar-refractivity contribution >= 4 is 11.9 Å². The summed E-state index contributed by atoms with van der Waals surface area (Å²) >= 11 is 0. The van der Waals surface area contributed by atoms with E-state index in [-0.39, 0.29) is 51.3 Å². The standard InChI is InChI=1S/C38H52O6/c1-22(2)23(3)9-14-26(33(41)42)32-29(40)21-38(8)28-15-16-30-35(4,5)31(44-34(43)24-10-12-25(39)13-11-24)18-19-36(30,6)27(28)17-20-37(32,38)7/h10-13,15,17,22,26,29-32,39-40H,3,9,14,16,18-21H2,1-2,4-8H3,(H,41,42)/t26-,29?,30+,31?,32+,36-,37-,38+/m1/s1. The summed E-state index contributed by atoms with van der Waals surface area (Å²) in [5, 5.41) is 31.7. The molecule has 8 atom stereocenters. The summed E-state index contributed by atoms with van der Waals surface area (Å²) in [5.41, 5.74) is 2.99. The monoisotopic (exact) mass is 604 g/mol. The first kappa shape index (κ1) is 32.5. The number of aliphatic hydroxyl groups is 1. The number of benzene rings is 1. The molecule has 1 aromatic rings. The van der Waals surface area contributed by atoms with Crippen LogP contribution in [0.1, 0.15) is 104 Å². The second kappa shape index (κ2) is 11.2. The van der Waals surface area contributed by atoms with Gasteiger partial charge in [0.1, 0.15) is 11.9 Å². The largest absolute Gasteiger partial charge is 0.508 e. The minimum Gasteiger partial charge on any atom is -0.508 e. The Morgan fingerprint density at radius 3 is 2.32 bits per heavy atom. The number of ether oxygens (including phenoxy) is 1. The van der Waals surface area contributed by atoms with Gasteiger partial charge in [-0.25, -0.2) is 4.79 Å². The molecule has 6 heteroatoms. The van der Waals surface area contributed by atoms with Crippen LogP contribution in [-0.2, 0) is 9.53 Å². The highest BCUT2D eigenvalue weighted by Gasteiger charge is 2.66. The van der Waals surface area contributed by atoms with Gasteiger partial charge in [-0.3, -0.25) is 4.79 Å². The number of phenols is 1. The number of fused-ring (bicyclic) bond motifs is 5. The molecule has 1 aromatic carbocycles. The van der Waals surface area contributed by atoms with Crippen LogP contribution in [0.5, 0.6) is 5.75 Å². The van der Waals surface area contributed by atoms with Gasteiger partial charge in [0.25, 0.3) is 0 Å². The SMILES string of the molecule is C=C(CC[C@@H](C(=O)O)[C@H]1C(O)C[C@@]2(C)C3=CC[C@H]4C(C)(C)C(OC(=O)c5ccc(O)cc5)CC[C@]4(C)C3=CC[C@]12C)C(C)C. The number of carboxylic acid groups (broad SMARTS) is 1. The van der Waals surface area contributed by atoms with Crippen LogP contribution in [0.3, 0.4) is 0 Å². The van der Waals surface area contributed by atoms with Crippen molar-refractivity contribution in [2.24, 2.45) is 45.3 Å². The molecule has 0 bridgehead atoms. The van der Waals surface area contributed by atoms with Crippen molar-refractivity contribution in [2.75, 3.05) is 0 Å². The van der Waals surface area contributed by atoms with Crippen LogP contribution in [0.4, 0.5) is 0 Å². The Morgan fingerprint density at radius 1 is 1.05 bits per heavy atom. The zero-order valence-corrected chi connectivity index (χ0v) is 27.7. The molecule has 6 nitrogen and oxygen atoms in total. The molecule has 2 fully saturated rings. The predicted octanol–water partition coefficient (Wildman–Crippen LogP) is 8.11. The number of aromatic hydroxyl groups is 1. The average Bonchev–Trinajstić information content (AvgIpc) is 3.15. The summed E-state index contributed by atoms with van der Waals surface area (Å²) in [6, 6.07) is 6.19. The highest BCUT2D eigenvalue weighted by Crippen LogP contribution is 2.72. The van der Waals surface area contributed by atoms with Crippen molar-refractivity contribution in [1.29, 1.82) is 0 Å². The third-order valence-electron chi connectivity index (χ3n) is 12.9. The van der Waals surface area contributed by atoms with Crippen LogP contribution >= 0.6 is 0 Å². The number of carbonyl (C=O) groups is 2. The maximum atomic E-state index is 13.1. The van der Waals surface area contributed by atoms with E-state index in [1.165, 1.54) is 23.3 Å². The Hall–Kier alpha value is -2.86. The first-order valence-corrected chi connectivity index (χ1v) is 16.5. The van der Waals surface area contributed by atoms with Crippen molar-refractivity contribution in [1.82, 2.24) is 0 Å². The van der Waals surface area contributed by atoms with E-state index in [1.54, 1.807) is 12.1 Å². The second-order valence-electron chi connectivity index (χ2n) is 15.8. The molecule has 3 N–H and O–H groups in total. The molecule has 0 spiro atoms. The fourth-order valence-electron chi connectivity index (χ4n) is 9.90. The zero-order valence-electron chi connectivity index (χ0n) is 27.7. The first-order valence-electron chi connectivity index (χ1n) is 16.5. The van der Waals surface area contributed by atoms with E-state index in [4.69, 9.17) is 4.74 Å². The van der Waals surface area contributed by atoms with Crippen molar-refractivity contribution in [3.8, 4) is 5.75 Å². The molecule has 4 aliphatic carbocycles. The fourth-order valence-corrected chi connectivity index (χ4v) is 9.90. The summed E-state index contributed by atoms with van der Waals surface area (Å²) < 4.78 is 6.14. The van der Waals surface area contributed by atoms with Gasteiger partial charge in [0, 0.05) is 16.7 Å². The Morgan fingerprint density at radius 2 is 1.70 bits per heavy atom. The Bertz CT molecular complexity index is 1380. The smallest absolute Gasteiger partial charge is 0.338 e.